The predicted molar refractivity (Wildman–Crippen MR) is 92.4 cm³/mol. The van der Waals surface area contributed by atoms with E-state index in [4.69, 9.17) is 23.2 Å². The van der Waals surface area contributed by atoms with E-state index >= 15 is 0 Å². The van der Waals surface area contributed by atoms with Crippen LogP contribution in [-0.2, 0) is 4.79 Å². The maximum atomic E-state index is 12.7. The van der Waals surface area contributed by atoms with Gasteiger partial charge in [0.05, 0.1) is 10.0 Å². The number of piperidine rings is 1. The Morgan fingerprint density at radius 1 is 1.24 bits per heavy atom. The first-order valence-corrected chi connectivity index (χ1v) is 8.57. The molecule has 0 saturated carbocycles. The van der Waals surface area contributed by atoms with Crippen LogP contribution in [0.4, 0.5) is 0 Å². The molecule has 2 aromatic rings. The lowest BCUT2D eigenvalue weighted by Gasteiger charge is -2.31. The zero-order valence-electron chi connectivity index (χ0n) is 13.4. The summed E-state index contributed by atoms with van der Waals surface area (Å²) in [4.78, 5) is 29.7. The fraction of sp³-hybridized carbons (Fsp3) is 0.375. The first-order valence-electron chi connectivity index (χ1n) is 7.82. The van der Waals surface area contributed by atoms with Crippen LogP contribution < -0.4 is 0 Å². The lowest BCUT2D eigenvalue weighted by Crippen LogP contribution is -2.48. The van der Waals surface area contributed by atoms with Gasteiger partial charge in [-0.15, -0.1) is 5.10 Å². The van der Waals surface area contributed by atoms with E-state index in [0.717, 1.165) is 12.8 Å². The molecule has 0 aliphatic carbocycles. The molecule has 1 N–H and O–H groups in total. The molecule has 0 unspecified atom stereocenters. The number of likely N-dealkylation sites (tertiary alicyclic amines) is 1. The second-order valence-corrected chi connectivity index (χ2v) is 6.63. The monoisotopic (exact) mass is 382 g/mol. The van der Waals surface area contributed by atoms with Crippen molar-refractivity contribution in [3.63, 3.8) is 0 Å². The van der Waals surface area contributed by atoms with Gasteiger partial charge in [0.1, 0.15) is 17.6 Å². The molecule has 9 heteroatoms. The summed E-state index contributed by atoms with van der Waals surface area (Å²) in [6.45, 7) is 2.05. The molecule has 1 aromatic heterocycles. The van der Waals surface area contributed by atoms with E-state index < -0.39 is 17.9 Å². The number of aliphatic carboxylic acids is 1. The van der Waals surface area contributed by atoms with Gasteiger partial charge in [-0.1, -0.05) is 29.3 Å². The third-order valence-corrected chi connectivity index (χ3v) is 4.77. The Morgan fingerprint density at radius 2 is 1.92 bits per heavy atom. The highest BCUT2D eigenvalue weighted by Crippen LogP contribution is 2.29. The minimum atomic E-state index is -1.02. The average molecular weight is 383 g/mol. The van der Waals surface area contributed by atoms with Crippen molar-refractivity contribution in [3.8, 4) is 5.69 Å². The molecule has 1 aliphatic heterocycles. The molecule has 25 heavy (non-hydrogen) atoms. The van der Waals surface area contributed by atoms with Gasteiger partial charge in [0.2, 0.25) is 5.82 Å². The maximum Gasteiger partial charge on any atom is 0.326 e. The number of carbonyl (C=O) groups excluding carboxylic acids is 1. The molecule has 3 rings (SSSR count). The smallest absolute Gasteiger partial charge is 0.326 e. The van der Waals surface area contributed by atoms with Crippen molar-refractivity contribution in [2.45, 2.75) is 32.2 Å². The number of benzene rings is 1. The highest BCUT2D eigenvalue weighted by molar-refractivity contribution is 6.37. The van der Waals surface area contributed by atoms with Crippen molar-refractivity contribution >= 4 is 35.1 Å². The molecule has 1 aromatic carbocycles. The second kappa shape index (κ2) is 7.01. The molecule has 0 spiro atoms. The van der Waals surface area contributed by atoms with E-state index in [1.807, 2.05) is 0 Å². The molecular formula is C16H16Cl2N4O3. The number of aryl methyl sites for hydroxylation is 1. The normalized spacial score (nSPS) is 17.6. The quantitative estimate of drug-likeness (QED) is 0.881. The molecule has 132 valence electrons. The molecule has 1 aliphatic rings. The van der Waals surface area contributed by atoms with E-state index in [1.54, 1.807) is 25.1 Å². The van der Waals surface area contributed by atoms with E-state index in [0.29, 0.717) is 34.5 Å². The summed E-state index contributed by atoms with van der Waals surface area (Å²) < 4.78 is 1.40. The predicted octanol–water partition coefficient (Wildman–Crippen LogP) is 2.96. The molecule has 1 fully saturated rings. The Hall–Kier alpha value is -2.12. The van der Waals surface area contributed by atoms with Gasteiger partial charge < -0.3 is 10.0 Å². The fourth-order valence-electron chi connectivity index (χ4n) is 2.94. The number of nitrogens with zero attached hydrogens (tertiary/aromatic N) is 4. The summed E-state index contributed by atoms with van der Waals surface area (Å²) in [5, 5.41) is 14.3. The number of carbonyl (C=O) groups is 2. The minimum absolute atomic E-state index is 0.0679. The van der Waals surface area contributed by atoms with E-state index in [1.165, 1.54) is 9.58 Å². The van der Waals surface area contributed by atoms with Crippen molar-refractivity contribution in [1.82, 2.24) is 19.7 Å². The van der Waals surface area contributed by atoms with Crippen LogP contribution in [0.15, 0.2) is 18.2 Å². The standard InChI is InChI=1S/C16H16Cl2N4O3/c1-9-19-14(15(23)21-8-3-2-7-12(21)16(24)25)20-22(9)13-10(17)5-4-6-11(13)18/h4-6,12H,2-3,7-8H2,1H3,(H,24,25)/t12-/m0/s1. The van der Waals surface area contributed by atoms with Crippen LogP contribution in [0.2, 0.25) is 10.0 Å². The van der Waals surface area contributed by atoms with Gasteiger partial charge >= 0.3 is 5.97 Å². The molecule has 1 saturated heterocycles. The maximum absolute atomic E-state index is 12.7. The third kappa shape index (κ3) is 3.34. The van der Waals surface area contributed by atoms with Crippen molar-refractivity contribution in [1.29, 1.82) is 0 Å². The Balaban J connectivity index is 1.97. The van der Waals surface area contributed by atoms with Crippen LogP contribution in [0.5, 0.6) is 0 Å². The lowest BCUT2D eigenvalue weighted by atomic mass is 10.0. The van der Waals surface area contributed by atoms with Gasteiger partial charge in [-0.3, -0.25) is 4.79 Å². The van der Waals surface area contributed by atoms with Gasteiger partial charge in [0.15, 0.2) is 0 Å². The molecule has 1 amide bonds. The van der Waals surface area contributed by atoms with Crippen LogP contribution in [0.3, 0.4) is 0 Å². The first-order chi connectivity index (χ1) is 11.9. The van der Waals surface area contributed by atoms with Gasteiger partial charge in [-0.25, -0.2) is 14.5 Å². The van der Waals surface area contributed by atoms with Gasteiger partial charge in [0.25, 0.3) is 5.91 Å². The lowest BCUT2D eigenvalue weighted by molar-refractivity contribution is -0.143. The fourth-order valence-corrected chi connectivity index (χ4v) is 3.50. The van der Waals surface area contributed by atoms with Gasteiger partial charge in [0, 0.05) is 6.54 Å². The number of aromatic nitrogens is 3. The number of hydrogen-bond acceptors (Lipinski definition) is 4. The van der Waals surface area contributed by atoms with Crippen molar-refractivity contribution in [2.24, 2.45) is 0 Å². The summed E-state index contributed by atoms with van der Waals surface area (Å²) in [6.07, 6.45) is 1.96. The van der Waals surface area contributed by atoms with E-state index in [2.05, 4.69) is 10.1 Å². The largest absolute Gasteiger partial charge is 0.480 e. The van der Waals surface area contributed by atoms with Crippen LogP contribution in [-0.4, -0.2) is 49.2 Å². The van der Waals surface area contributed by atoms with Crippen molar-refractivity contribution in [3.05, 3.63) is 39.9 Å². The zero-order valence-corrected chi connectivity index (χ0v) is 15.0. The number of hydrogen-bond donors (Lipinski definition) is 1. The number of para-hydroxylation sites is 1. The second-order valence-electron chi connectivity index (χ2n) is 5.81. The summed E-state index contributed by atoms with van der Waals surface area (Å²) in [7, 11) is 0. The molecule has 7 nitrogen and oxygen atoms in total. The van der Waals surface area contributed by atoms with Crippen LogP contribution in [0.25, 0.3) is 5.69 Å². The van der Waals surface area contributed by atoms with E-state index in [9.17, 15) is 14.7 Å². The summed E-state index contributed by atoms with van der Waals surface area (Å²) in [5.74, 6) is -1.15. The van der Waals surface area contributed by atoms with Crippen molar-refractivity contribution < 1.29 is 14.7 Å². The average Bonchev–Trinajstić information content (AvgIpc) is 2.95. The molecule has 0 bridgehead atoms. The number of halogens is 2. The highest BCUT2D eigenvalue weighted by Gasteiger charge is 2.34. The highest BCUT2D eigenvalue weighted by atomic mass is 35.5. The minimum Gasteiger partial charge on any atom is -0.480 e. The Morgan fingerprint density at radius 3 is 2.56 bits per heavy atom. The van der Waals surface area contributed by atoms with Gasteiger partial charge in [-0.05, 0) is 38.3 Å². The summed E-state index contributed by atoms with van der Waals surface area (Å²) >= 11 is 12.4. The number of amides is 1. The number of rotatable bonds is 3. The molecular weight excluding hydrogens is 367 g/mol. The Kier molecular flexibility index (Phi) is 4.96. The molecule has 1 atom stereocenters. The summed E-state index contributed by atoms with van der Waals surface area (Å²) in [6, 6.07) is 4.18. The van der Waals surface area contributed by atoms with Gasteiger partial charge in [-0.2, -0.15) is 0 Å². The summed E-state index contributed by atoms with van der Waals surface area (Å²) in [5.41, 5.74) is 0.434. The first kappa shape index (κ1) is 17.7. The number of carboxylic acid groups (broad SMARTS) is 1. The Labute approximate surface area is 154 Å². The van der Waals surface area contributed by atoms with E-state index in [-0.39, 0.29) is 5.82 Å². The van der Waals surface area contributed by atoms with Crippen molar-refractivity contribution in [2.75, 3.05) is 6.54 Å². The topological polar surface area (TPSA) is 88.3 Å². The SMILES string of the molecule is Cc1nc(C(=O)N2CCCC[C@H]2C(=O)O)nn1-c1c(Cl)cccc1Cl. The number of carboxylic acids is 1. The Bertz CT molecular complexity index is 817. The zero-order chi connectivity index (χ0) is 18.1. The molecule has 2 heterocycles. The van der Waals surface area contributed by atoms with Crippen LogP contribution in [0.1, 0.15) is 35.7 Å². The van der Waals surface area contributed by atoms with Crippen LogP contribution in [0, 0.1) is 6.92 Å². The molecule has 0 radical (unpaired) electrons. The van der Waals surface area contributed by atoms with Crippen LogP contribution >= 0.6 is 23.2 Å². The third-order valence-electron chi connectivity index (χ3n) is 4.16.